The number of hydrogen-bond donors (Lipinski definition) is 1. The molecule has 0 amide bonds. The Kier molecular flexibility index (Phi) is 5.38. The van der Waals surface area contributed by atoms with Gasteiger partial charge in [0, 0.05) is 11.0 Å². The lowest BCUT2D eigenvalue weighted by molar-refractivity contribution is -0.148. The highest BCUT2D eigenvalue weighted by atomic mass is 79.9. The Hall–Kier alpha value is -1.07. The summed E-state index contributed by atoms with van der Waals surface area (Å²) >= 11 is 3.43. The minimum atomic E-state index is -0.876. The van der Waals surface area contributed by atoms with Crippen LogP contribution >= 0.6 is 15.9 Å². The molecule has 5 heteroatoms. The number of carboxylic acids is 1. The van der Waals surface area contributed by atoms with Gasteiger partial charge in [0.2, 0.25) is 0 Å². The van der Waals surface area contributed by atoms with Gasteiger partial charge in [0.1, 0.15) is 11.3 Å². The number of likely N-dealkylation sites (N-methyl/N-ethyl adjacent to an activating group) is 1. The molecule has 0 spiro atoms. The van der Waals surface area contributed by atoms with Gasteiger partial charge in [-0.2, -0.15) is 0 Å². The quantitative estimate of drug-likeness (QED) is 0.871. The Morgan fingerprint density at radius 1 is 1.47 bits per heavy atom. The van der Waals surface area contributed by atoms with Crippen LogP contribution in [0.1, 0.15) is 19.4 Å². The molecule has 0 atom stereocenters. The molecule has 0 bridgehead atoms. The van der Waals surface area contributed by atoms with Crippen LogP contribution in [0.4, 0.5) is 0 Å². The first-order chi connectivity index (χ1) is 8.78. The zero-order valence-electron chi connectivity index (χ0n) is 11.7. The molecule has 4 nitrogen and oxygen atoms in total. The van der Waals surface area contributed by atoms with E-state index in [9.17, 15) is 9.90 Å². The van der Waals surface area contributed by atoms with Gasteiger partial charge in [-0.05, 0) is 51.1 Å². The van der Waals surface area contributed by atoms with Gasteiger partial charge >= 0.3 is 5.97 Å². The molecule has 0 unspecified atom stereocenters. The largest absolute Gasteiger partial charge is 0.496 e. The van der Waals surface area contributed by atoms with E-state index in [1.165, 1.54) is 0 Å². The number of hydrogen-bond acceptors (Lipinski definition) is 3. The maximum Gasteiger partial charge on any atom is 0.323 e. The summed E-state index contributed by atoms with van der Waals surface area (Å²) in [5.74, 6) is 0.000869. The molecular formula is C14H20BrNO3. The minimum Gasteiger partial charge on any atom is -0.496 e. The van der Waals surface area contributed by atoms with Crippen LogP contribution in [0.5, 0.6) is 5.75 Å². The van der Waals surface area contributed by atoms with E-state index >= 15 is 0 Å². The smallest absolute Gasteiger partial charge is 0.323 e. The topological polar surface area (TPSA) is 49.8 Å². The number of rotatable bonds is 6. The van der Waals surface area contributed by atoms with Gasteiger partial charge in [-0.25, -0.2) is 0 Å². The highest BCUT2D eigenvalue weighted by Gasteiger charge is 2.31. The summed E-state index contributed by atoms with van der Waals surface area (Å²) in [5.41, 5.74) is 0.184. The molecule has 1 aromatic carbocycles. The number of aliphatic carboxylic acids is 1. The van der Waals surface area contributed by atoms with E-state index in [-0.39, 0.29) is 0 Å². The fraction of sp³-hybridized carbons (Fsp3) is 0.500. The van der Waals surface area contributed by atoms with E-state index in [4.69, 9.17) is 4.74 Å². The van der Waals surface area contributed by atoms with Crippen molar-refractivity contribution in [3.05, 3.63) is 28.2 Å². The number of methoxy groups -OCH3 is 1. The van der Waals surface area contributed by atoms with Gasteiger partial charge in [-0.1, -0.05) is 15.9 Å². The predicted molar refractivity (Wildman–Crippen MR) is 78.7 cm³/mol. The second-order valence-corrected chi connectivity index (χ2v) is 5.91. The molecule has 0 saturated carbocycles. The predicted octanol–water partition coefficient (Wildman–Crippen LogP) is 2.80. The Bertz CT molecular complexity index is 460. The van der Waals surface area contributed by atoms with Crippen LogP contribution in [0, 0.1) is 0 Å². The Labute approximate surface area is 122 Å². The molecule has 1 rings (SSSR count). The van der Waals surface area contributed by atoms with Gasteiger partial charge in [-0.3, -0.25) is 9.69 Å². The first-order valence-electron chi connectivity index (χ1n) is 6.06. The van der Waals surface area contributed by atoms with E-state index in [2.05, 4.69) is 15.9 Å². The molecule has 0 aromatic heterocycles. The fourth-order valence-corrected chi connectivity index (χ4v) is 2.08. The minimum absolute atomic E-state index is 0.645. The Balaban J connectivity index is 2.77. The average Bonchev–Trinajstić information content (AvgIpc) is 2.35. The molecule has 0 aliphatic heterocycles. The lowest BCUT2D eigenvalue weighted by Gasteiger charge is -2.31. The van der Waals surface area contributed by atoms with Crippen molar-refractivity contribution in [2.75, 3.05) is 20.7 Å². The fourth-order valence-electron chi connectivity index (χ4n) is 1.67. The first-order valence-corrected chi connectivity index (χ1v) is 6.85. The third kappa shape index (κ3) is 3.94. The third-order valence-electron chi connectivity index (χ3n) is 3.44. The maximum atomic E-state index is 11.2. The van der Waals surface area contributed by atoms with Gasteiger partial charge in [-0.15, -0.1) is 0 Å². The van der Waals surface area contributed by atoms with Crippen LogP contribution in [0.15, 0.2) is 22.7 Å². The number of nitrogens with zero attached hydrogens (tertiary/aromatic N) is 1. The number of carboxylic acid groups (broad SMARTS) is 1. The van der Waals surface area contributed by atoms with Crippen LogP contribution in [0.2, 0.25) is 0 Å². The van der Waals surface area contributed by atoms with Gasteiger partial charge in [0.15, 0.2) is 0 Å². The molecule has 0 radical (unpaired) electrons. The van der Waals surface area contributed by atoms with Crippen molar-refractivity contribution in [3.63, 3.8) is 0 Å². The summed E-state index contributed by atoms with van der Waals surface area (Å²) in [5, 5.41) is 9.18. The number of benzene rings is 1. The van der Waals surface area contributed by atoms with E-state index in [0.29, 0.717) is 6.54 Å². The normalized spacial score (nSPS) is 11.7. The van der Waals surface area contributed by atoms with Crippen molar-refractivity contribution in [2.24, 2.45) is 0 Å². The summed E-state index contributed by atoms with van der Waals surface area (Å²) in [6.07, 6.45) is 0.732. The Morgan fingerprint density at radius 2 is 2.11 bits per heavy atom. The van der Waals surface area contributed by atoms with Crippen LogP contribution in [0.3, 0.4) is 0 Å². The standard InChI is InChI=1S/C14H20BrNO3/c1-14(2,13(17)18)16(3)8-7-10-9-11(15)5-6-12(10)19-4/h5-6,9H,7-8H2,1-4H3,(H,17,18). The van der Waals surface area contributed by atoms with Crippen LogP contribution in [0.25, 0.3) is 0 Å². The van der Waals surface area contributed by atoms with Crippen LogP contribution in [-0.2, 0) is 11.2 Å². The summed E-state index contributed by atoms with van der Waals surface area (Å²) in [6, 6.07) is 5.83. The number of halogens is 1. The molecule has 0 aliphatic carbocycles. The first kappa shape index (κ1) is 16.0. The molecular weight excluding hydrogens is 310 g/mol. The lowest BCUT2D eigenvalue weighted by Crippen LogP contribution is -2.48. The highest BCUT2D eigenvalue weighted by molar-refractivity contribution is 9.10. The SMILES string of the molecule is COc1ccc(Br)cc1CCN(C)C(C)(C)C(=O)O. The number of carbonyl (C=O) groups is 1. The van der Waals surface area contributed by atoms with E-state index < -0.39 is 11.5 Å². The van der Waals surface area contributed by atoms with Crippen molar-refractivity contribution in [2.45, 2.75) is 25.8 Å². The van der Waals surface area contributed by atoms with Gasteiger partial charge < -0.3 is 9.84 Å². The van der Waals surface area contributed by atoms with E-state index in [1.807, 2.05) is 30.1 Å². The average molecular weight is 330 g/mol. The molecule has 1 N–H and O–H groups in total. The zero-order chi connectivity index (χ0) is 14.6. The summed E-state index contributed by atoms with van der Waals surface area (Å²) in [7, 11) is 3.45. The van der Waals surface area contributed by atoms with Crippen molar-refractivity contribution in [1.82, 2.24) is 4.90 Å². The van der Waals surface area contributed by atoms with Crippen LogP contribution in [-0.4, -0.2) is 42.2 Å². The molecule has 19 heavy (non-hydrogen) atoms. The molecule has 0 fully saturated rings. The zero-order valence-corrected chi connectivity index (χ0v) is 13.3. The van der Waals surface area contributed by atoms with Crippen LogP contribution < -0.4 is 4.74 Å². The Morgan fingerprint density at radius 3 is 2.63 bits per heavy atom. The number of ether oxygens (including phenoxy) is 1. The molecule has 0 saturated heterocycles. The van der Waals surface area contributed by atoms with E-state index in [1.54, 1.807) is 21.0 Å². The lowest BCUT2D eigenvalue weighted by atomic mass is 10.0. The van der Waals surface area contributed by atoms with Gasteiger partial charge in [0.25, 0.3) is 0 Å². The van der Waals surface area contributed by atoms with Crippen molar-refractivity contribution < 1.29 is 14.6 Å². The molecule has 0 heterocycles. The van der Waals surface area contributed by atoms with Crippen molar-refractivity contribution in [1.29, 1.82) is 0 Å². The molecule has 106 valence electrons. The summed E-state index contributed by atoms with van der Waals surface area (Å²) in [6.45, 7) is 4.05. The van der Waals surface area contributed by atoms with E-state index in [0.717, 1.165) is 22.2 Å². The summed E-state index contributed by atoms with van der Waals surface area (Å²) in [4.78, 5) is 13.0. The monoisotopic (exact) mass is 329 g/mol. The van der Waals surface area contributed by atoms with Crippen molar-refractivity contribution in [3.8, 4) is 5.75 Å². The molecule has 0 aliphatic rings. The maximum absolute atomic E-state index is 11.2. The second kappa shape index (κ2) is 6.39. The van der Waals surface area contributed by atoms with Gasteiger partial charge in [0.05, 0.1) is 7.11 Å². The third-order valence-corrected chi connectivity index (χ3v) is 3.93. The highest BCUT2D eigenvalue weighted by Crippen LogP contribution is 2.24. The van der Waals surface area contributed by atoms with Crippen molar-refractivity contribution >= 4 is 21.9 Å². The molecule has 1 aromatic rings. The second-order valence-electron chi connectivity index (χ2n) is 4.99. The summed E-state index contributed by atoms with van der Waals surface area (Å²) < 4.78 is 6.30.